The highest BCUT2D eigenvalue weighted by atomic mass is 32.2. The van der Waals surface area contributed by atoms with Gasteiger partial charge in [-0.25, -0.2) is 36.5 Å². The number of fused-ring (bicyclic) bond motifs is 1. The van der Waals surface area contributed by atoms with Gasteiger partial charge in [0.1, 0.15) is 24.3 Å². The highest BCUT2D eigenvalue weighted by Gasteiger charge is 2.40. The van der Waals surface area contributed by atoms with Crippen molar-refractivity contribution in [2.24, 2.45) is 0 Å². The van der Waals surface area contributed by atoms with Gasteiger partial charge in [0.15, 0.2) is 10.7 Å². The number of hydrogen-bond acceptors (Lipinski definition) is 15. The van der Waals surface area contributed by atoms with E-state index in [9.17, 15) is 36.4 Å². The lowest BCUT2D eigenvalue weighted by molar-refractivity contribution is -0.137. The first-order chi connectivity index (χ1) is 33.5. The van der Waals surface area contributed by atoms with E-state index in [1.165, 1.54) is 46.9 Å². The Morgan fingerprint density at radius 3 is 2.30 bits per heavy atom. The average Bonchev–Trinajstić information content (AvgIpc) is 3.91. The molecule has 0 radical (unpaired) electrons. The molecule has 4 amide bonds. The Labute approximate surface area is 405 Å². The van der Waals surface area contributed by atoms with E-state index in [2.05, 4.69) is 31.2 Å². The molecule has 0 saturated carbocycles. The van der Waals surface area contributed by atoms with Gasteiger partial charge in [-0.3, -0.25) is 29.2 Å². The number of thiazole rings is 1. The van der Waals surface area contributed by atoms with Crippen LogP contribution >= 0.6 is 11.3 Å². The molecular weight excluding hydrogens is 956 g/mol. The Bertz CT molecular complexity index is 2880. The number of sulfonamides is 1. The molecule has 1 unspecified atom stereocenters. The molecule has 4 heterocycles. The summed E-state index contributed by atoms with van der Waals surface area (Å²) in [6, 6.07) is 12.8. The molecule has 18 nitrogen and oxygen atoms in total. The molecule has 1 atom stereocenters. The molecule has 370 valence electrons. The third kappa shape index (κ3) is 12.4. The van der Waals surface area contributed by atoms with Crippen molar-refractivity contribution in [2.75, 3.05) is 68.0 Å². The first-order valence-corrected chi connectivity index (χ1v) is 24.4. The van der Waals surface area contributed by atoms with Crippen molar-refractivity contribution < 1.29 is 55.0 Å². The number of carbonyl (C=O) groups is 4. The summed E-state index contributed by atoms with van der Waals surface area (Å²) in [6.07, 6.45) is 4.49. The summed E-state index contributed by atoms with van der Waals surface area (Å²) < 4.78 is 89.6. The van der Waals surface area contributed by atoms with Gasteiger partial charge in [0.05, 0.1) is 59.6 Å². The van der Waals surface area contributed by atoms with E-state index in [-0.39, 0.29) is 87.3 Å². The Morgan fingerprint density at radius 1 is 0.871 bits per heavy atom. The lowest BCUT2D eigenvalue weighted by Crippen LogP contribution is -2.52. The van der Waals surface area contributed by atoms with Crippen molar-refractivity contribution in [1.29, 1.82) is 0 Å². The molecule has 70 heavy (non-hydrogen) atoms. The van der Waals surface area contributed by atoms with E-state index < -0.39 is 55.4 Å². The predicted octanol–water partition coefficient (Wildman–Crippen LogP) is 5.75. The minimum atomic E-state index is -4.87. The molecule has 5 aromatic rings. The molecule has 3 aromatic carbocycles. The quantitative estimate of drug-likeness (QED) is 0.0241. The minimum Gasteiger partial charge on any atom is -0.499 e. The highest BCUT2D eigenvalue weighted by Crippen LogP contribution is 2.42. The van der Waals surface area contributed by atoms with E-state index in [1.807, 2.05) is 31.6 Å². The SMILES string of the molecule is CC(C)(C)c1nc(-c2cccc(NS(=O)(=O)c3c(F)cccc3F)c2F)c(-c2ccnc(NCCOCCNC(=O)C=COCCOCCNc3cccc4c3CN(C3CCC(=O)NC3=O)C4=O)n2)s1. The lowest BCUT2D eigenvalue weighted by Gasteiger charge is -2.29. The lowest BCUT2D eigenvalue weighted by atomic mass is 9.98. The maximum absolute atomic E-state index is 16.2. The fourth-order valence-corrected chi connectivity index (χ4v) is 9.64. The third-order valence-electron chi connectivity index (χ3n) is 10.7. The zero-order valence-electron chi connectivity index (χ0n) is 38.3. The van der Waals surface area contributed by atoms with E-state index in [0.29, 0.717) is 40.8 Å². The number of aromatic nitrogens is 3. The molecule has 0 spiro atoms. The number of anilines is 3. The van der Waals surface area contributed by atoms with Crippen LogP contribution in [-0.2, 0) is 50.6 Å². The molecule has 7 rings (SSSR count). The molecule has 1 saturated heterocycles. The third-order valence-corrected chi connectivity index (χ3v) is 13.6. The van der Waals surface area contributed by atoms with Gasteiger partial charge in [0.2, 0.25) is 23.7 Å². The van der Waals surface area contributed by atoms with Gasteiger partial charge < -0.3 is 35.1 Å². The molecule has 0 aliphatic carbocycles. The Morgan fingerprint density at radius 2 is 1.56 bits per heavy atom. The number of halogens is 3. The molecule has 2 aliphatic rings. The topological polar surface area (TPSA) is 232 Å². The molecule has 0 bridgehead atoms. The van der Waals surface area contributed by atoms with Crippen LogP contribution in [0.5, 0.6) is 0 Å². The summed E-state index contributed by atoms with van der Waals surface area (Å²) in [5, 5.41) is 12.0. The second-order valence-corrected chi connectivity index (χ2v) is 19.4. The standard InChI is InChI=1S/C47H50F3N9O9S2/c1-47(2,3)45-57-40(29-8-5-12-34(39(29)50)58-70(64,65)42-31(48)9-6-10-32(42)49)41(69-45)35-15-17-53-46(55-35)54-20-24-67-23-19-52-37(60)16-21-66-25-26-68-22-18-51-33-11-4-7-28-30(33)27-59(44(28)63)36-13-14-38(61)56-43(36)62/h4-12,15-17,21,36,51,58H,13-14,18-20,22-27H2,1-3H3,(H,52,60)(H,53,54,55)(H,56,61,62). The summed E-state index contributed by atoms with van der Waals surface area (Å²) in [5.41, 5.74) is 1.56. The minimum absolute atomic E-state index is 0.0720. The van der Waals surface area contributed by atoms with Crippen LogP contribution < -0.4 is 26.0 Å². The van der Waals surface area contributed by atoms with Crippen LogP contribution in [0.25, 0.3) is 21.8 Å². The van der Waals surface area contributed by atoms with E-state index in [4.69, 9.17) is 19.2 Å². The molecule has 2 aliphatic heterocycles. The van der Waals surface area contributed by atoms with Crippen molar-refractivity contribution >= 4 is 62.3 Å². The van der Waals surface area contributed by atoms with Crippen LogP contribution in [0.15, 0.2) is 84.1 Å². The first kappa shape index (κ1) is 50.9. The van der Waals surface area contributed by atoms with Crippen molar-refractivity contribution in [2.45, 2.75) is 56.5 Å². The summed E-state index contributed by atoms with van der Waals surface area (Å²) in [6.45, 7) is 8.27. The fourth-order valence-electron chi connectivity index (χ4n) is 7.33. The summed E-state index contributed by atoms with van der Waals surface area (Å²) in [5.74, 6) is -4.87. The molecule has 5 N–H and O–H groups in total. The maximum atomic E-state index is 16.2. The number of ether oxygens (including phenoxy) is 3. The molecule has 1 fully saturated rings. The second kappa shape index (κ2) is 22.6. The number of hydrogen-bond donors (Lipinski definition) is 5. The Hall–Kier alpha value is -6.95. The van der Waals surface area contributed by atoms with E-state index in [0.717, 1.165) is 35.5 Å². The number of benzene rings is 3. The predicted molar refractivity (Wildman–Crippen MR) is 254 cm³/mol. The number of nitrogens with one attached hydrogen (secondary N) is 5. The fraction of sp³-hybridized carbons (Fsp3) is 0.340. The summed E-state index contributed by atoms with van der Waals surface area (Å²) in [4.78, 5) is 63.6. The van der Waals surface area contributed by atoms with Crippen molar-refractivity contribution in [3.63, 3.8) is 0 Å². The van der Waals surface area contributed by atoms with E-state index in [1.54, 1.807) is 18.2 Å². The second-order valence-electron chi connectivity index (χ2n) is 16.8. The van der Waals surface area contributed by atoms with Gasteiger partial charge in [-0.05, 0) is 48.9 Å². The van der Waals surface area contributed by atoms with Gasteiger partial charge in [-0.2, -0.15) is 0 Å². The summed E-state index contributed by atoms with van der Waals surface area (Å²) >= 11 is 1.27. The highest BCUT2D eigenvalue weighted by molar-refractivity contribution is 7.92. The van der Waals surface area contributed by atoms with Gasteiger partial charge >= 0.3 is 0 Å². The van der Waals surface area contributed by atoms with Crippen LogP contribution in [0.4, 0.5) is 30.5 Å². The molecule has 23 heteroatoms. The van der Waals surface area contributed by atoms with Gasteiger partial charge in [-0.15, -0.1) is 11.3 Å². The van der Waals surface area contributed by atoms with Crippen molar-refractivity contribution in [1.82, 2.24) is 30.5 Å². The maximum Gasteiger partial charge on any atom is 0.267 e. The largest absolute Gasteiger partial charge is 0.499 e. The number of nitrogens with zero attached hydrogens (tertiary/aromatic N) is 4. The van der Waals surface area contributed by atoms with E-state index >= 15 is 4.39 Å². The van der Waals surface area contributed by atoms with Crippen LogP contribution in [0.2, 0.25) is 0 Å². The normalized spacial score (nSPS) is 15.0. The summed E-state index contributed by atoms with van der Waals surface area (Å²) in [7, 11) is -4.87. The monoisotopic (exact) mass is 1010 g/mol. The zero-order valence-corrected chi connectivity index (χ0v) is 39.9. The van der Waals surface area contributed by atoms with Gasteiger partial charge in [0, 0.05) is 72.7 Å². The van der Waals surface area contributed by atoms with Gasteiger partial charge in [-0.1, -0.05) is 39.0 Å². The first-order valence-electron chi connectivity index (χ1n) is 22.1. The van der Waals surface area contributed by atoms with Crippen LogP contribution in [0.3, 0.4) is 0 Å². The van der Waals surface area contributed by atoms with Gasteiger partial charge in [0.25, 0.3) is 15.9 Å². The number of amides is 4. The van der Waals surface area contributed by atoms with Crippen molar-refractivity contribution in [3.8, 4) is 21.8 Å². The van der Waals surface area contributed by atoms with Crippen LogP contribution in [0, 0.1) is 17.5 Å². The van der Waals surface area contributed by atoms with Crippen LogP contribution in [-0.4, -0.2) is 111 Å². The molecule has 2 aromatic heterocycles. The Balaban J connectivity index is 0.805. The van der Waals surface area contributed by atoms with Crippen LogP contribution in [0.1, 0.15) is 54.5 Å². The number of piperidine rings is 1. The number of rotatable bonds is 22. The average molecular weight is 1010 g/mol. The number of imide groups is 1. The van der Waals surface area contributed by atoms with Crippen molar-refractivity contribution in [3.05, 3.63) is 113 Å². The molecular formula is C47H50F3N9O9S2. The zero-order chi connectivity index (χ0) is 50.0. The smallest absolute Gasteiger partial charge is 0.267 e. The Kier molecular flexibility index (Phi) is 16.5. The number of carbonyl (C=O) groups excluding carboxylic acids is 4.